The Morgan fingerprint density at radius 1 is 0.810 bits per heavy atom. The number of esters is 3. The highest BCUT2D eigenvalue weighted by Crippen LogP contribution is 2.29. The third kappa shape index (κ3) is 9.03. The quantitative estimate of drug-likeness (QED) is 0.0652. The number of hydrogen-bond acceptors (Lipinski definition) is 8. The monoisotopic (exact) mass is 574 g/mol. The van der Waals surface area contributed by atoms with Crippen molar-refractivity contribution in [1.29, 1.82) is 0 Å². The molecule has 0 saturated carbocycles. The van der Waals surface area contributed by atoms with Crippen molar-refractivity contribution in [2.45, 2.75) is 65.7 Å². The van der Waals surface area contributed by atoms with Crippen LogP contribution in [0, 0.1) is 0 Å². The zero-order valence-electron chi connectivity index (χ0n) is 24.6. The van der Waals surface area contributed by atoms with Gasteiger partial charge in [-0.1, -0.05) is 44.3 Å². The number of rotatable bonds is 15. The highest BCUT2D eigenvalue weighted by molar-refractivity contribution is 5.89. The van der Waals surface area contributed by atoms with Crippen LogP contribution in [-0.2, 0) is 36.7 Å². The van der Waals surface area contributed by atoms with Gasteiger partial charge in [0.25, 0.3) is 0 Å². The van der Waals surface area contributed by atoms with Crippen molar-refractivity contribution in [2.24, 2.45) is 0 Å². The lowest BCUT2D eigenvalue weighted by atomic mass is 9.94. The minimum Gasteiger partial charge on any atom is -0.466 e. The van der Waals surface area contributed by atoms with E-state index >= 15 is 0 Å². The summed E-state index contributed by atoms with van der Waals surface area (Å²) in [4.78, 5) is 48.1. The Kier molecular flexibility index (Phi) is 11.8. The highest BCUT2D eigenvalue weighted by Gasteiger charge is 2.15. The Morgan fingerprint density at radius 2 is 1.45 bits per heavy atom. The molecule has 0 radical (unpaired) electrons. The second-order valence-electron chi connectivity index (χ2n) is 10.2. The summed E-state index contributed by atoms with van der Waals surface area (Å²) in [5.41, 5.74) is 3.72. The first kappa shape index (κ1) is 32.1. The topological polar surface area (TPSA) is 109 Å². The fourth-order valence-electron chi connectivity index (χ4n) is 4.29. The molecule has 3 aromatic rings. The Bertz CT molecular complexity index is 1510. The Hall–Kier alpha value is -4.46. The van der Waals surface area contributed by atoms with Crippen molar-refractivity contribution in [3.63, 3.8) is 0 Å². The minimum absolute atomic E-state index is 0.214. The second kappa shape index (κ2) is 15.5. The van der Waals surface area contributed by atoms with Crippen LogP contribution in [0.15, 0.2) is 76.0 Å². The van der Waals surface area contributed by atoms with Crippen LogP contribution in [-0.4, -0.2) is 31.1 Å². The molecular formula is C34H38O8. The first-order valence-electron chi connectivity index (χ1n) is 14.2. The van der Waals surface area contributed by atoms with Gasteiger partial charge >= 0.3 is 23.5 Å². The van der Waals surface area contributed by atoms with Crippen molar-refractivity contribution in [3.8, 4) is 16.9 Å². The Labute approximate surface area is 246 Å². The zero-order valence-corrected chi connectivity index (χ0v) is 24.6. The van der Waals surface area contributed by atoms with Crippen LogP contribution < -0.4 is 10.4 Å². The normalized spacial score (nSPS) is 10.7. The number of fused-ring (bicyclic) bond motifs is 1. The summed E-state index contributed by atoms with van der Waals surface area (Å²) in [7, 11) is 0. The number of aryl methyl sites for hydroxylation is 2. The smallest absolute Gasteiger partial charge is 0.344 e. The molecule has 0 unspecified atom stereocenters. The predicted molar refractivity (Wildman–Crippen MR) is 161 cm³/mol. The van der Waals surface area contributed by atoms with E-state index in [0.29, 0.717) is 53.9 Å². The van der Waals surface area contributed by atoms with Crippen molar-refractivity contribution in [3.05, 3.63) is 88.3 Å². The fourth-order valence-corrected chi connectivity index (χ4v) is 4.29. The van der Waals surface area contributed by atoms with E-state index in [1.165, 1.54) is 0 Å². The standard InChI is InChI=1S/C34H38O8/c1-6-30(35)39-19-9-7-11-24-13-14-26-21-29(25-15-17-27(18-16-25)41-33(37)23(4)5)34(38)42-31(26)28(24)12-8-10-20-40-32(36)22(2)3/h13-18,21H,2,4,6-12,19-20H2,1,3,5H3. The zero-order chi connectivity index (χ0) is 30.6. The summed E-state index contributed by atoms with van der Waals surface area (Å²) >= 11 is 0. The number of ether oxygens (including phenoxy) is 3. The molecule has 1 heterocycles. The van der Waals surface area contributed by atoms with Gasteiger partial charge in [0.2, 0.25) is 0 Å². The molecule has 42 heavy (non-hydrogen) atoms. The second-order valence-corrected chi connectivity index (χ2v) is 10.2. The summed E-state index contributed by atoms with van der Waals surface area (Å²) in [6, 6.07) is 12.4. The van der Waals surface area contributed by atoms with E-state index in [1.807, 2.05) is 18.2 Å². The van der Waals surface area contributed by atoms with Crippen LogP contribution in [0.25, 0.3) is 22.1 Å². The molecule has 1 aromatic heterocycles. The maximum atomic E-state index is 13.2. The number of unbranched alkanes of at least 4 members (excludes halogenated alkanes) is 2. The van der Waals surface area contributed by atoms with Crippen molar-refractivity contribution >= 4 is 28.9 Å². The van der Waals surface area contributed by atoms with Gasteiger partial charge in [-0.2, -0.15) is 0 Å². The van der Waals surface area contributed by atoms with Crippen LogP contribution >= 0.6 is 0 Å². The van der Waals surface area contributed by atoms with E-state index in [0.717, 1.165) is 42.2 Å². The third-order valence-electron chi connectivity index (χ3n) is 6.62. The Morgan fingerprint density at radius 3 is 2.10 bits per heavy atom. The van der Waals surface area contributed by atoms with E-state index in [9.17, 15) is 19.2 Å². The van der Waals surface area contributed by atoms with E-state index in [-0.39, 0.29) is 18.1 Å². The van der Waals surface area contributed by atoms with Crippen LogP contribution in [0.1, 0.15) is 64.0 Å². The largest absolute Gasteiger partial charge is 0.466 e. The molecule has 0 aliphatic carbocycles. The van der Waals surface area contributed by atoms with Crippen LogP contribution in [0.2, 0.25) is 0 Å². The molecule has 0 amide bonds. The molecule has 0 bridgehead atoms. The minimum atomic E-state index is -0.521. The molecule has 8 nitrogen and oxygen atoms in total. The highest BCUT2D eigenvalue weighted by atomic mass is 16.5. The molecule has 0 N–H and O–H groups in total. The average Bonchev–Trinajstić information content (AvgIpc) is 2.97. The van der Waals surface area contributed by atoms with Gasteiger partial charge in [-0.25, -0.2) is 14.4 Å². The first-order valence-corrected chi connectivity index (χ1v) is 14.2. The van der Waals surface area contributed by atoms with Gasteiger partial charge < -0.3 is 18.6 Å². The first-order chi connectivity index (χ1) is 20.1. The van der Waals surface area contributed by atoms with E-state index in [1.54, 1.807) is 45.0 Å². The fraction of sp³-hybridized carbons (Fsp3) is 0.353. The molecule has 0 fully saturated rings. The van der Waals surface area contributed by atoms with Crippen LogP contribution in [0.5, 0.6) is 5.75 Å². The van der Waals surface area contributed by atoms with Gasteiger partial charge in [0, 0.05) is 23.0 Å². The molecule has 0 aliphatic rings. The van der Waals surface area contributed by atoms with Crippen molar-refractivity contribution in [2.75, 3.05) is 13.2 Å². The molecule has 0 aliphatic heterocycles. The predicted octanol–water partition coefficient (Wildman–Crippen LogP) is 6.66. The van der Waals surface area contributed by atoms with Gasteiger partial charge in [-0.15, -0.1) is 0 Å². The third-order valence-corrected chi connectivity index (χ3v) is 6.62. The van der Waals surface area contributed by atoms with E-state index in [4.69, 9.17) is 18.6 Å². The van der Waals surface area contributed by atoms with Gasteiger partial charge in [0.05, 0.1) is 18.8 Å². The molecule has 222 valence electrons. The van der Waals surface area contributed by atoms with Crippen LogP contribution in [0.4, 0.5) is 0 Å². The molecular weight excluding hydrogens is 536 g/mol. The SMILES string of the molecule is C=C(C)C(=O)OCCCCc1c(CCCCOC(=O)CC)ccc2cc(-c3ccc(OC(=O)C(=C)C)cc3)c(=O)oc12. The molecule has 8 heteroatoms. The lowest BCUT2D eigenvalue weighted by molar-refractivity contribution is -0.143. The maximum Gasteiger partial charge on any atom is 0.344 e. The summed E-state index contributed by atoms with van der Waals surface area (Å²) in [6.07, 6.45) is 4.61. The van der Waals surface area contributed by atoms with Crippen LogP contribution in [0.3, 0.4) is 0 Å². The van der Waals surface area contributed by atoms with Crippen molar-refractivity contribution < 1.29 is 33.0 Å². The number of carbonyl (C=O) groups excluding carboxylic acids is 3. The summed E-state index contributed by atoms with van der Waals surface area (Å²) in [5.74, 6) is -0.798. The molecule has 0 atom stereocenters. The van der Waals surface area contributed by atoms with Gasteiger partial charge in [-0.3, -0.25) is 4.79 Å². The van der Waals surface area contributed by atoms with Gasteiger partial charge in [0.15, 0.2) is 0 Å². The Balaban J connectivity index is 1.83. The number of benzene rings is 2. The lowest BCUT2D eigenvalue weighted by Crippen LogP contribution is -2.08. The molecule has 2 aromatic carbocycles. The summed E-state index contributed by atoms with van der Waals surface area (Å²) < 4.78 is 21.6. The van der Waals surface area contributed by atoms with E-state index in [2.05, 4.69) is 13.2 Å². The van der Waals surface area contributed by atoms with Gasteiger partial charge in [0.1, 0.15) is 11.3 Å². The summed E-state index contributed by atoms with van der Waals surface area (Å²) in [5, 5.41) is 0.784. The lowest BCUT2D eigenvalue weighted by Gasteiger charge is -2.14. The van der Waals surface area contributed by atoms with Gasteiger partial charge in [-0.05, 0) is 87.3 Å². The van der Waals surface area contributed by atoms with E-state index < -0.39 is 17.6 Å². The molecule has 3 rings (SSSR count). The average molecular weight is 575 g/mol. The molecule has 0 saturated heterocycles. The number of carbonyl (C=O) groups is 3. The summed E-state index contributed by atoms with van der Waals surface area (Å²) in [6.45, 7) is 12.8. The maximum absolute atomic E-state index is 13.2. The number of hydrogen-bond donors (Lipinski definition) is 0. The molecule has 0 spiro atoms. The van der Waals surface area contributed by atoms with Crippen molar-refractivity contribution in [1.82, 2.24) is 0 Å².